The van der Waals surface area contributed by atoms with Crippen molar-refractivity contribution in [2.24, 2.45) is 11.8 Å². The van der Waals surface area contributed by atoms with Crippen LogP contribution in [0.15, 0.2) is 0 Å². The van der Waals surface area contributed by atoms with Gasteiger partial charge in [-0.05, 0) is 34.8 Å². The molecule has 0 spiro atoms. The molecule has 0 radical (unpaired) electrons. The van der Waals surface area contributed by atoms with Crippen LogP contribution in [0.25, 0.3) is 0 Å². The van der Waals surface area contributed by atoms with Crippen molar-refractivity contribution < 1.29 is 0 Å². The van der Waals surface area contributed by atoms with Crippen LogP contribution >= 0.6 is 50.5 Å². The van der Waals surface area contributed by atoms with Gasteiger partial charge in [-0.2, -0.15) is 50.5 Å². The van der Waals surface area contributed by atoms with Crippen molar-refractivity contribution in [3.63, 3.8) is 0 Å². The van der Waals surface area contributed by atoms with E-state index in [9.17, 15) is 0 Å². The fraction of sp³-hybridized carbons (Fsp3) is 1.00. The SMILES string of the molecule is SCC(CS)C(CS)CS. The number of hydrogen-bond acceptors (Lipinski definition) is 4. The van der Waals surface area contributed by atoms with E-state index < -0.39 is 0 Å². The second-order valence-corrected chi connectivity index (χ2v) is 3.71. The van der Waals surface area contributed by atoms with Crippen molar-refractivity contribution in [3.8, 4) is 0 Å². The highest BCUT2D eigenvalue weighted by atomic mass is 32.1. The molecular weight excluding hydrogens is 200 g/mol. The molecule has 62 valence electrons. The zero-order chi connectivity index (χ0) is 7.98. The van der Waals surface area contributed by atoms with E-state index in [2.05, 4.69) is 50.5 Å². The van der Waals surface area contributed by atoms with Crippen molar-refractivity contribution in [2.75, 3.05) is 23.0 Å². The standard InChI is InChI=1S/C6H14S4/c7-1-5(2-8)6(3-9)4-10/h5-10H,1-4H2. The highest BCUT2D eigenvalue weighted by Gasteiger charge is 2.15. The first-order chi connectivity index (χ1) is 4.79. The molecule has 0 aromatic carbocycles. The van der Waals surface area contributed by atoms with E-state index in [1.807, 2.05) is 0 Å². The lowest BCUT2D eigenvalue weighted by atomic mass is 10.00. The number of rotatable bonds is 5. The average Bonchev–Trinajstić information content (AvgIpc) is 2.00. The summed E-state index contributed by atoms with van der Waals surface area (Å²) in [4.78, 5) is 0. The molecule has 0 nitrogen and oxygen atoms in total. The highest BCUT2D eigenvalue weighted by molar-refractivity contribution is 7.81. The fourth-order valence-corrected chi connectivity index (χ4v) is 2.83. The predicted octanol–water partition coefficient (Wildman–Crippen LogP) is 1.94. The van der Waals surface area contributed by atoms with Gasteiger partial charge in [-0.25, -0.2) is 0 Å². The van der Waals surface area contributed by atoms with E-state index in [4.69, 9.17) is 0 Å². The van der Waals surface area contributed by atoms with Gasteiger partial charge in [-0.3, -0.25) is 0 Å². The van der Waals surface area contributed by atoms with E-state index in [-0.39, 0.29) is 0 Å². The molecule has 10 heavy (non-hydrogen) atoms. The molecule has 0 saturated carbocycles. The maximum absolute atomic E-state index is 4.23. The summed E-state index contributed by atoms with van der Waals surface area (Å²) in [5.74, 6) is 4.65. The zero-order valence-electron chi connectivity index (χ0n) is 5.77. The molecule has 0 N–H and O–H groups in total. The van der Waals surface area contributed by atoms with E-state index in [1.54, 1.807) is 0 Å². The minimum absolute atomic E-state index is 0.557. The molecule has 4 heteroatoms. The third-order valence-electron chi connectivity index (χ3n) is 1.60. The fourth-order valence-electron chi connectivity index (χ4n) is 0.712. The molecule has 0 rings (SSSR count). The van der Waals surface area contributed by atoms with Gasteiger partial charge in [0, 0.05) is 0 Å². The van der Waals surface area contributed by atoms with E-state index in [0.29, 0.717) is 11.8 Å². The van der Waals surface area contributed by atoms with Gasteiger partial charge in [0.05, 0.1) is 0 Å². The minimum Gasteiger partial charge on any atom is -0.179 e. The summed E-state index contributed by atoms with van der Waals surface area (Å²) in [6, 6.07) is 0. The number of hydrogen-bond donors (Lipinski definition) is 4. The van der Waals surface area contributed by atoms with E-state index in [1.165, 1.54) is 0 Å². The summed E-state index contributed by atoms with van der Waals surface area (Å²) >= 11 is 16.9. The lowest BCUT2D eigenvalue weighted by molar-refractivity contribution is 0.491. The number of thiol groups is 4. The third-order valence-corrected chi connectivity index (χ3v) is 3.48. The molecule has 0 fully saturated rings. The van der Waals surface area contributed by atoms with Gasteiger partial charge in [0.25, 0.3) is 0 Å². The normalized spacial score (nSPS) is 11.4. The summed E-state index contributed by atoms with van der Waals surface area (Å²) in [5.41, 5.74) is 0. The molecule has 0 aromatic heterocycles. The maximum Gasteiger partial charge on any atom is -0.00585 e. The van der Waals surface area contributed by atoms with Gasteiger partial charge in [-0.1, -0.05) is 0 Å². The van der Waals surface area contributed by atoms with Crippen molar-refractivity contribution in [1.29, 1.82) is 0 Å². The Balaban J connectivity index is 3.70. The molecule has 0 aliphatic carbocycles. The lowest BCUT2D eigenvalue weighted by Crippen LogP contribution is -2.21. The Morgan fingerprint density at radius 1 is 0.600 bits per heavy atom. The molecule has 0 amide bonds. The monoisotopic (exact) mass is 214 g/mol. The van der Waals surface area contributed by atoms with Crippen LogP contribution < -0.4 is 0 Å². The van der Waals surface area contributed by atoms with Crippen molar-refractivity contribution in [2.45, 2.75) is 0 Å². The second-order valence-electron chi connectivity index (χ2n) is 2.25. The van der Waals surface area contributed by atoms with Crippen molar-refractivity contribution >= 4 is 50.5 Å². The van der Waals surface area contributed by atoms with Crippen LogP contribution in [0.1, 0.15) is 0 Å². The van der Waals surface area contributed by atoms with Gasteiger partial charge in [-0.15, -0.1) is 0 Å². The Hall–Kier alpha value is 1.40. The summed E-state index contributed by atoms with van der Waals surface area (Å²) in [6.45, 7) is 0. The second kappa shape index (κ2) is 7.07. The Morgan fingerprint density at radius 2 is 0.800 bits per heavy atom. The van der Waals surface area contributed by atoms with E-state index in [0.717, 1.165) is 23.0 Å². The molecule has 0 aromatic rings. The Kier molecular flexibility index (Phi) is 8.06. The Morgan fingerprint density at radius 3 is 0.900 bits per heavy atom. The van der Waals surface area contributed by atoms with Crippen molar-refractivity contribution in [1.82, 2.24) is 0 Å². The highest BCUT2D eigenvalue weighted by Crippen LogP contribution is 2.17. The third kappa shape index (κ3) is 3.69. The van der Waals surface area contributed by atoms with Crippen LogP contribution in [0.2, 0.25) is 0 Å². The molecule has 0 saturated heterocycles. The summed E-state index contributed by atoms with van der Waals surface area (Å²) in [5, 5.41) is 0. The lowest BCUT2D eigenvalue weighted by Gasteiger charge is -2.20. The van der Waals surface area contributed by atoms with Gasteiger partial charge in [0.1, 0.15) is 0 Å². The average molecular weight is 214 g/mol. The van der Waals surface area contributed by atoms with Gasteiger partial charge in [0.2, 0.25) is 0 Å². The summed E-state index contributed by atoms with van der Waals surface area (Å²) < 4.78 is 0. The molecule has 0 unspecified atom stereocenters. The summed E-state index contributed by atoms with van der Waals surface area (Å²) in [7, 11) is 0. The molecular formula is C6H14S4. The van der Waals surface area contributed by atoms with Gasteiger partial charge >= 0.3 is 0 Å². The Labute approximate surface area is 85.2 Å². The van der Waals surface area contributed by atoms with Crippen LogP contribution in [0.3, 0.4) is 0 Å². The smallest absolute Gasteiger partial charge is 0.00585 e. The van der Waals surface area contributed by atoms with Crippen LogP contribution in [0.4, 0.5) is 0 Å². The molecule has 0 aliphatic rings. The van der Waals surface area contributed by atoms with Crippen LogP contribution in [-0.2, 0) is 0 Å². The first kappa shape index (κ1) is 11.4. The van der Waals surface area contributed by atoms with Gasteiger partial charge in [0.15, 0.2) is 0 Å². The Bertz CT molecular complexity index is 58.1. The molecule has 0 bridgehead atoms. The quantitative estimate of drug-likeness (QED) is 0.494. The predicted molar refractivity (Wildman–Crippen MR) is 62.4 cm³/mol. The summed E-state index contributed by atoms with van der Waals surface area (Å²) in [6.07, 6.45) is 0. The van der Waals surface area contributed by atoms with Gasteiger partial charge < -0.3 is 0 Å². The maximum atomic E-state index is 4.23. The largest absolute Gasteiger partial charge is 0.179 e. The first-order valence-corrected chi connectivity index (χ1v) is 5.76. The van der Waals surface area contributed by atoms with Crippen LogP contribution in [0.5, 0.6) is 0 Å². The molecule has 0 heterocycles. The van der Waals surface area contributed by atoms with E-state index >= 15 is 0 Å². The van der Waals surface area contributed by atoms with Crippen LogP contribution in [-0.4, -0.2) is 23.0 Å². The minimum atomic E-state index is 0.557. The zero-order valence-corrected chi connectivity index (χ0v) is 9.35. The molecule has 0 aliphatic heterocycles. The molecule has 0 atom stereocenters. The van der Waals surface area contributed by atoms with Crippen molar-refractivity contribution in [3.05, 3.63) is 0 Å². The van der Waals surface area contributed by atoms with Crippen LogP contribution in [0, 0.1) is 11.8 Å². The first-order valence-electron chi connectivity index (χ1n) is 3.23. The topological polar surface area (TPSA) is 0 Å².